The summed E-state index contributed by atoms with van der Waals surface area (Å²) in [7, 11) is 0. The molecule has 0 atom stereocenters. The summed E-state index contributed by atoms with van der Waals surface area (Å²) in [6.07, 6.45) is 0. The molecule has 0 aliphatic heterocycles. The zero-order chi connectivity index (χ0) is 8.81. The van der Waals surface area contributed by atoms with Gasteiger partial charge in [-0.25, -0.2) is 8.78 Å². The molecule has 0 nitrogen and oxygen atoms in total. The Morgan fingerprint density at radius 3 is 1.08 bits per heavy atom. The summed E-state index contributed by atoms with van der Waals surface area (Å²) >= 11 is 0. The van der Waals surface area contributed by atoms with Crippen LogP contribution in [0, 0.1) is 11.6 Å². The Kier molecular flexibility index (Phi) is 3.20. The van der Waals surface area contributed by atoms with E-state index in [-0.39, 0.29) is 11.6 Å². The van der Waals surface area contributed by atoms with Crippen LogP contribution in [0.3, 0.4) is 0 Å². The second kappa shape index (κ2) is 4.44. The third-order valence-electron chi connectivity index (χ3n) is 1.24. The van der Waals surface area contributed by atoms with Crippen LogP contribution >= 0.6 is 0 Å². The van der Waals surface area contributed by atoms with Crippen molar-refractivity contribution in [3.63, 3.8) is 0 Å². The lowest BCUT2D eigenvalue weighted by atomic mass is 10.4. The van der Waals surface area contributed by atoms with Crippen molar-refractivity contribution >= 4 is 0 Å². The quantitative estimate of drug-likeness (QED) is 0.555. The van der Waals surface area contributed by atoms with E-state index in [1.54, 1.807) is 0 Å². The first-order valence-electron chi connectivity index (χ1n) is 3.53. The summed E-state index contributed by atoms with van der Waals surface area (Å²) in [6, 6.07) is 10.8. The third-order valence-corrected chi connectivity index (χ3v) is 1.24. The van der Waals surface area contributed by atoms with E-state index in [0.29, 0.717) is 0 Å². The molecule has 0 fully saturated rings. The van der Waals surface area contributed by atoms with Crippen LogP contribution in [0.2, 0.25) is 0 Å². The van der Waals surface area contributed by atoms with Gasteiger partial charge in [-0.15, -0.1) is 0 Å². The van der Waals surface area contributed by atoms with E-state index in [1.165, 1.54) is 48.5 Å². The van der Waals surface area contributed by atoms with Crippen LogP contribution in [-0.4, -0.2) is 0 Å². The van der Waals surface area contributed by atoms with E-state index in [9.17, 15) is 8.78 Å². The van der Waals surface area contributed by atoms with Gasteiger partial charge in [0.1, 0.15) is 11.6 Å². The van der Waals surface area contributed by atoms with Gasteiger partial charge in [0.25, 0.3) is 0 Å². The number of rotatable bonds is 0. The van der Waals surface area contributed by atoms with Crippen molar-refractivity contribution < 1.29 is 8.78 Å². The highest BCUT2D eigenvalue weighted by Crippen LogP contribution is 1.93. The summed E-state index contributed by atoms with van der Waals surface area (Å²) < 4.78 is 25.2. The van der Waals surface area contributed by atoms with Crippen molar-refractivity contribution in [1.82, 2.24) is 0 Å². The largest absolute Gasteiger partial charge is 0.207 e. The molecule has 0 aliphatic carbocycles. The van der Waals surface area contributed by atoms with Gasteiger partial charge < -0.3 is 0 Å². The van der Waals surface area contributed by atoms with Crippen molar-refractivity contribution in [2.75, 3.05) is 0 Å². The van der Waals surface area contributed by atoms with E-state index in [1.807, 2.05) is 0 Å². The maximum absolute atomic E-state index is 12.6. The lowest BCUT2D eigenvalue weighted by Crippen LogP contribution is -1.65. The van der Waals surface area contributed by atoms with Crippen molar-refractivity contribution in [3.05, 3.63) is 60.2 Å². The molecular formula is C10H8F2. The highest BCUT2D eigenvalue weighted by molar-refractivity contribution is 5.03. The molecule has 1 aromatic carbocycles. The normalized spacial score (nSPS) is 8.83. The molecule has 0 unspecified atom stereocenters. The van der Waals surface area contributed by atoms with E-state index in [0.717, 1.165) is 0 Å². The highest BCUT2D eigenvalue weighted by Gasteiger charge is 1.79. The Hall–Kier alpha value is -1.44. The molecule has 0 spiro atoms. The van der Waals surface area contributed by atoms with E-state index in [2.05, 4.69) is 0 Å². The fraction of sp³-hybridized carbons (Fsp3) is 0. The zero-order valence-electron chi connectivity index (χ0n) is 6.37. The van der Waals surface area contributed by atoms with Gasteiger partial charge in [0.15, 0.2) is 0 Å². The summed E-state index contributed by atoms with van der Waals surface area (Å²) in [5, 5.41) is 0. The van der Waals surface area contributed by atoms with Gasteiger partial charge in [-0.1, -0.05) is 24.3 Å². The number of hydrogen-bond acceptors (Lipinski definition) is 0. The van der Waals surface area contributed by atoms with Gasteiger partial charge in [0, 0.05) is 0 Å². The molecule has 0 saturated carbocycles. The Balaban J connectivity index is 3.18. The third kappa shape index (κ3) is 3.10. The maximum atomic E-state index is 12.6. The van der Waals surface area contributed by atoms with Crippen LogP contribution in [0.15, 0.2) is 48.5 Å². The Bertz CT molecular complexity index is 247. The molecule has 1 rings (SSSR count). The van der Waals surface area contributed by atoms with Crippen molar-refractivity contribution in [1.29, 1.82) is 0 Å². The smallest absolute Gasteiger partial charge is 0.123 e. The average molecular weight is 166 g/mol. The lowest BCUT2D eigenvalue weighted by Gasteiger charge is -1.79. The standard InChI is InChI=1S/C10H8F2/c11-9-5-1-2-6-10(12)8-4-3-7-9/h1-8H. The van der Waals surface area contributed by atoms with E-state index >= 15 is 0 Å². The summed E-state index contributed by atoms with van der Waals surface area (Å²) in [5.41, 5.74) is 0. The molecule has 0 amide bonds. The van der Waals surface area contributed by atoms with Gasteiger partial charge in [-0.2, -0.15) is 0 Å². The first kappa shape index (κ1) is 8.65. The molecule has 1 aromatic rings. The summed E-state index contributed by atoms with van der Waals surface area (Å²) in [5.74, 6) is -0.710. The van der Waals surface area contributed by atoms with Crippen LogP contribution in [0.1, 0.15) is 0 Å². The fourth-order valence-electron chi connectivity index (χ4n) is 0.701. The summed E-state index contributed by atoms with van der Waals surface area (Å²) in [6.45, 7) is 0. The first-order chi connectivity index (χ1) is 5.79. The van der Waals surface area contributed by atoms with Crippen LogP contribution in [0.25, 0.3) is 0 Å². The molecule has 0 saturated heterocycles. The number of halogens is 2. The van der Waals surface area contributed by atoms with Gasteiger partial charge in [0.2, 0.25) is 0 Å². The second-order valence-electron chi connectivity index (χ2n) is 2.21. The lowest BCUT2D eigenvalue weighted by molar-refractivity contribution is 0.625. The summed E-state index contributed by atoms with van der Waals surface area (Å²) in [4.78, 5) is 0. The first-order valence-corrected chi connectivity index (χ1v) is 3.53. The molecule has 0 N–H and O–H groups in total. The Labute approximate surface area is 69.8 Å². The van der Waals surface area contributed by atoms with E-state index in [4.69, 9.17) is 0 Å². The van der Waals surface area contributed by atoms with Crippen molar-refractivity contribution in [2.45, 2.75) is 0 Å². The van der Waals surface area contributed by atoms with Crippen LogP contribution in [0.4, 0.5) is 8.78 Å². The SMILES string of the molecule is Fc1ccccc(F)cccc1. The van der Waals surface area contributed by atoms with Gasteiger partial charge >= 0.3 is 0 Å². The highest BCUT2D eigenvalue weighted by atomic mass is 19.1. The topological polar surface area (TPSA) is 0 Å². The molecular weight excluding hydrogens is 158 g/mol. The molecule has 62 valence electrons. The molecule has 0 aliphatic rings. The van der Waals surface area contributed by atoms with Crippen molar-refractivity contribution in [3.8, 4) is 0 Å². The average Bonchev–Trinajstić information content (AvgIpc) is 2.06. The van der Waals surface area contributed by atoms with Gasteiger partial charge in [-0.05, 0) is 24.3 Å². The van der Waals surface area contributed by atoms with Crippen LogP contribution < -0.4 is 0 Å². The zero-order valence-corrected chi connectivity index (χ0v) is 6.37. The van der Waals surface area contributed by atoms with Gasteiger partial charge in [-0.3, -0.25) is 0 Å². The van der Waals surface area contributed by atoms with E-state index < -0.39 is 0 Å². The molecule has 0 bridgehead atoms. The predicted octanol–water partition coefficient (Wildman–Crippen LogP) is 3.09. The molecule has 0 heterocycles. The van der Waals surface area contributed by atoms with Crippen LogP contribution in [0.5, 0.6) is 0 Å². The molecule has 0 aromatic heterocycles. The van der Waals surface area contributed by atoms with Gasteiger partial charge in [0.05, 0.1) is 0 Å². The second-order valence-corrected chi connectivity index (χ2v) is 2.21. The molecule has 12 heavy (non-hydrogen) atoms. The minimum atomic E-state index is -0.355. The van der Waals surface area contributed by atoms with Crippen molar-refractivity contribution in [2.24, 2.45) is 0 Å². The maximum Gasteiger partial charge on any atom is 0.123 e. The minimum Gasteiger partial charge on any atom is -0.207 e. The Morgan fingerprint density at radius 2 is 0.833 bits per heavy atom. The predicted molar refractivity (Wildman–Crippen MR) is 44.0 cm³/mol. The van der Waals surface area contributed by atoms with Crippen LogP contribution in [-0.2, 0) is 0 Å². The Morgan fingerprint density at radius 1 is 0.583 bits per heavy atom. The minimum absolute atomic E-state index is 0.355. The molecule has 0 radical (unpaired) electrons. The fourth-order valence-corrected chi connectivity index (χ4v) is 0.701. The number of hydrogen-bond donors (Lipinski definition) is 0. The molecule has 2 heteroatoms. The monoisotopic (exact) mass is 166 g/mol.